The van der Waals surface area contributed by atoms with E-state index in [-0.39, 0.29) is 18.6 Å². The van der Waals surface area contributed by atoms with E-state index in [1.54, 1.807) is 0 Å². The zero-order valence-corrected chi connectivity index (χ0v) is 23.8. The number of nitrogens with one attached hydrogen (secondary N) is 3. The molecule has 1 rings (SSSR count). The largest absolute Gasteiger partial charge is 0.480 e. The van der Waals surface area contributed by atoms with Gasteiger partial charge in [-0.25, -0.2) is 5.43 Å². The summed E-state index contributed by atoms with van der Waals surface area (Å²) in [7, 11) is 0. The van der Waals surface area contributed by atoms with Gasteiger partial charge in [-0.2, -0.15) is 11.8 Å². The molecule has 0 aliphatic rings. The van der Waals surface area contributed by atoms with Gasteiger partial charge in [0.15, 0.2) is 0 Å². The quantitative estimate of drug-likeness (QED) is 0.0747. The van der Waals surface area contributed by atoms with Crippen molar-refractivity contribution in [2.24, 2.45) is 11.5 Å². The first kappa shape index (κ1) is 33.8. The van der Waals surface area contributed by atoms with Crippen molar-refractivity contribution in [3.63, 3.8) is 0 Å². The summed E-state index contributed by atoms with van der Waals surface area (Å²) < 4.78 is 0.937. The molecule has 0 fully saturated rings. The molecule has 1 aromatic rings. The molecule has 0 bridgehead atoms. The lowest BCUT2D eigenvalue weighted by Gasteiger charge is -2.27. The zero-order valence-electron chi connectivity index (χ0n) is 21.4. The molecule has 1 aromatic carbocycles. The van der Waals surface area contributed by atoms with Crippen LogP contribution >= 0.6 is 27.7 Å². The Labute approximate surface area is 235 Å². The first-order chi connectivity index (χ1) is 18.1. The van der Waals surface area contributed by atoms with Gasteiger partial charge in [0.2, 0.25) is 5.91 Å². The van der Waals surface area contributed by atoms with Crippen LogP contribution in [-0.4, -0.2) is 89.5 Å². The van der Waals surface area contributed by atoms with Gasteiger partial charge in [-0.1, -0.05) is 28.1 Å². The molecular formula is C24H39BrN6O6S. The average molecular weight is 620 g/mol. The van der Waals surface area contributed by atoms with Crippen LogP contribution in [-0.2, 0) is 24.9 Å². The number of amides is 2. The average Bonchev–Trinajstić information content (AvgIpc) is 2.87. The smallest absolute Gasteiger partial charge is 0.324 e. The minimum absolute atomic E-state index is 0.0938. The van der Waals surface area contributed by atoms with Crippen molar-refractivity contribution in [2.45, 2.75) is 49.9 Å². The summed E-state index contributed by atoms with van der Waals surface area (Å²) >= 11 is 4.79. The molecule has 0 saturated heterocycles. The maximum Gasteiger partial charge on any atom is 0.324 e. The van der Waals surface area contributed by atoms with Gasteiger partial charge in [-0.3, -0.25) is 24.2 Å². The number of aliphatic carboxylic acids is 2. The third kappa shape index (κ3) is 15.2. The molecule has 12 nitrogen and oxygen atoms in total. The maximum atomic E-state index is 13.3. The minimum atomic E-state index is -1.22. The molecule has 2 unspecified atom stereocenters. The number of carbonyl (C=O) groups excluding carboxylic acids is 2. The summed E-state index contributed by atoms with van der Waals surface area (Å²) in [5.74, 6) is -2.80. The van der Waals surface area contributed by atoms with E-state index in [1.807, 2.05) is 24.3 Å². The molecule has 38 heavy (non-hydrogen) atoms. The van der Waals surface area contributed by atoms with Gasteiger partial charge in [0, 0.05) is 28.9 Å². The number of unbranched alkanes of at least 4 members (excludes halogenated alkanes) is 1. The zero-order chi connectivity index (χ0) is 28.3. The van der Waals surface area contributed by atoms with Crippen LogP contribution in [0.3, 0.4) is 0 Å². The second kappa shape index (κ2) is 19.8. The third-order valence-corrected chi connectivity index (χ3v) is 6.93. The normalized spacial score (nSPS) is 12.5. The van der Waals surface area contributed by atoms with E-state index in [9.17, 15) is 24.3 Å². The summed E-state index contributed by atoms with van der Waals surface area (Å²) in [6.07, 6.45) is 2.26. The van der Waals surface area contributed by atoms with Crippen molar-refractivity contribution in [1.29, 1.82) is 0 Å². The molecule has 0 saturated carbocycles. The van der Waals surface area contributed by atoms with Crippen molar-refractivity contribution < 1.29 is 29.4 Å². The van der Waals surface area contributed by atoms with Gasteiger partial charge in [-0.05, 0) is 63.0 Å². The fraction of sp³-hybridized carbons (Fsp3) is 0.583. The second-order valence-electron chi connectivity index (χ2n) is 8.57. The fourth-order valence-electron chi connectivity index (χ4n) is 3.21. The number of hydrogen-bond donors (Lipinski definition) is 7. The van der Waals surface area contributed by atoms with Crippen LogP contribution in [0.5, 0.6) is 0 Å². The highest BCUT2D eigenvalue weighted by molar-refractivity contribution is 9.10. The monoisotopic (exact) mass is 618 g/mol. The predicted octanol–water partition coefficient (Wildman–Crippen LogP) is 0.496. The van der Waals surface area contributed by atoms with E-state index in [0.29, 0.717) is 31.8 Å². The number of nitrogens with zero attached hydrogens (tertiary/aromatic N) is 1. The van der Waals surface area contributed by atoms with E-state index in [4.69, 9.17) is 16.6 Å². The Bertz CT molecular complexity index is 878. The van der Waals surface area contributed by atoms with Crippen LogP contribution in [0.2, 0.25) is 0 Å². The van der Waals surface area contributed by atoms with Crippen molar-refractivity contribution >= 4 is 51.4 Å². The number of rotatable bonds is 21. The lowest BCUT2D eigenvalue weighted by Crippen LogP contribution is -2.56. The molecule has 0 aliphatic carbocycles. The van der Waals surface area contributed by atoms with E-state index < -0.39 is 42.4 Å². The fourth-order valence-corrected chi connectivity index (χ4v) is 4.48. The van der Waals surface area contributed by atoms with Gasteiger partial charge in [0.25, 0.3) is 5.91 Å². The van der Waals surface area contributed by atoms with Gasteiger partial charge in [-0.15, -0.1) is 0 Å². The van der Waals surface area contributed by atoms with Crippen LogP contribution in [0.25, 0.3) is 0 Å². The van der Waals surface area contributed by atoms with E-state index >= 15 is 0 Å². The van der Waals surface area contributed by atoms with Crippen LogP contribution in [0.1, 0.15) is 37.7 Å². The first-order valence-corrected chi connectivity index (χ1v) is 14.4. The Hall–Kier alpha value is -2.23. The molecule has 14 heteroatoms. The Morgan fingerprint density at radius 1 is 1.03 bits per heavy atom. The minimum Gasteiger partial charge on any atom is -0.480 e. The molecule has 0 aromatic heterocycles. The first-order valence-electron chi connectivity index (χ1n) is 12.4. The van der Waals surface area contributed by atoms with Crippen molar-refractivity contribution in [3.05, 3.63) is 34.3 Å². The van der Waals surface area contributed by atoms with Crippen molar-refractivity contribution in [1.82, 2.24) is 21.1 Å². The molecule has 9 N–H and O–H groups in total. The van der Waals surface area contributed by atoms with Gasteiger partial charge in [0.1, 0.15) is 18.6 Å². The standard InChI is InChI=1S/C24H39BrN6O6S/c25-18-6-4-17(5-7-18)15-38-16-20(30-21(32)9-8-19(27)24(36)37)23(35)31(14-22(33)34)29-13-3-12-28-11-2-1-10-26/h4-7,19-20,28-29H,1-3,8-16,26-27H2,(H,30,32)(H,33,34)(H,36,37). The van der Waals surface area contributed by atoms with E-state index in [0.717, 1.165) is 34.4 Å². The van der Waals surface area contributed by atoms with Crippen molar-refractivity contribution in [3.8, 4) is 0 Å². The van der Waals surface area contributed by atoms with Gasteiger partial charge in [0.05, 0.1) is 0 Å². The molecule has 2 amide bonds. The predicted molar refractivity (Wildman–Crippen MR) is 150 cm³/mol. The Kier molecular flexibility index (Phi) is 17.6. The number of halogens is 1. The van der Waals surface area contributed by atoms with Crippen LogP contribution in [0.15, 0.2) is 28.7 Å². The highest BCUT2D eigenvalue weighted by Gasteiger charge is 2.28. The second-order valence-corrected chi connectivity index (χ2v) is 10.5. The highest BCUT2D eigenvalue weighted by Crippen LogP contribution is 2.17. The van der Waals surface area contributed by atoms with E-state index in [1.165, 1.54) is 11.8 Å². The molecule has 2 atom stereocenters. The van der Waals surface area contributed by atoms with Crippen LogP contribution < -0.4 is 27.5 Å². The Morgan fingerprint density at radius 3 is 2.34 bits per heavy atom. The number of carbonyl (C=O) groups is 4. The topological polar surface area (TPSA) is 200 Å². The van der Waals surface area contributed by atoms with E-state index in [2.05, 4.69) is 32.0 Å². The SMILES string of the molecule is NCCCCNCCCNN(CC(=O)O)C(=O)C(CSCc1ccc(Br)cc1)NC(=O)CCC(N)C(=O)O. The lowest BCUT2D eigenvalue weighted by molar-refractivity contribution is -0.148. The number of thioether (sulfide) groups is 1. The molecule has 0 radical (unpaired) electrons. The van der Waals surface area contributed by atoms with Gasteiger partial charge < -0.3 is 32.3 Å². The number of carboxylic acids is 2. The molecule has 0 heterocycles. The Balaban J connectivity index is 2.78. The summed E-state index contributed by atoms with van der Waals surface area (Å²) in [6.45, 7) is 1.91. The summed E-state index contributed by atoms with van der Waals surface area (Å²) in [5.41, 5.74) is 14.8. The summed E-state index contributed by atoms with van der Waals surface area (Å²) in [5, 5.41) is 25.2. The van der Waals surface area contributed by atoms with Crippen LogP contribution in [0, 0.1) is 0 Å². The van der Waals surface area contributed by atoms with Crippen molar-refractivity contribution in [2.75, 3.05) is 38.5 Å². The number of nitrogens with two attached hydrogens (primary N) is 2. The molecule has 0 spiro atoms. The molecular weight excluding hydrogens is 580 g/mol. The summed E-state index contributed by atoms with van der Waals surface area (Å²) in [4.78, 5) is 48.2. The third-order valence-electron chi connectivity index (χ3n) is 5.30. The highest BCUT2D eigenvalue weighted by atomic mass is 79.9. The molecule has 0 aliphatic heterocycles. The van der Waals surface area contributed by atoms with Gasteiger partial charge >= 0.3 is 11.9 Å². The molecule has 214 valence electrons. The Morgan fingerprint density at radius 2 is 1.71 bits per heavy atom. The number of benzene rings is 1. The number of hydrogen-bond acceptors (Lipinski definition) is 9. The summed E-state index contributed by atoms with van der Waals surface area (Å²) in [6, 6.07) is 5.44. The maximum absolute atomic E-state index is 13.3. The number of carboxylic acid groups (broad SMARTS) is 2. The number of hydrazine groups is 1. The van der Waals surface area contributed by atoms with Crippen LogP contribution in [0.4, 0.5) is 0 Å². The lowest BCUT2D eigenvalue weighted by atomic mass is 10.1.